The summed E-state index contributed by atoms with van der Waals surface area (Å²) in [6.45, 7) is 6.09. The second-order valence-electron chi connectivity index (χ2n) is 6.82. The zero-order valence-electron chi connectivity index (χ0n) is 15.3. The fraction of sp³-hybridized carbons (Fsp3) is 0.500. The number of rotatable bonds is 6. The Morgan fingerprint density at radius 2 is 1.92 bits per heavy atom. The highest BCUT2D eigenvalue weighted by Gasteiger charge is 2.31. The lowest BCUT2D eigenvalue weighted by Crippen LogP contribution is -2.25. The molecule has 0 radical (unpaired) electrons. The molecule has 26 heavy (non-hydrogen) atoms. The molecule has 1 fully saturated rings. The molecule has 1 aromatic carbocycles. The van der Waals surface area contributed by atoms with E-state index in [4.69, 9.17) is 9.72 Å². The summed E-state index contributed by atoms with van der Waals surface area (Å²) in [6, 6.07) is 9.61. The van der Waals surface area contributed by atoms with E-state index in [9.17, 15) is 10.1 Å². The van der Waals surface area contributed by atoms with Crippen LogP contribution in [-0.4, -0.2) is 35.6 Å². The Labute approximate surface area is 153 Å². The van der Waals surface area contributed by atoms with Crippen molar-refractivity contribution < 1.29 is 9.53 Å². The summed E-state index contributed by atoms with van der Waals surface area (Å²) in [4.78, 5) is 24.0. The van der Waals surface area contributed by atoms with Gasteiger partial charge < -0.3 is 9.64 Å². The molecule has 1 aromatic heterocycles. The number of carbonyl (C=O) groups excluding carboxylic acids is 1. The third-order valence-electron chi connectivity index (χ3n) is 4.83. The van der Waals surface area contributed by atoms with Gasteiger partial charge in [0.25, 0.3) is 0 Å². The third kappa shape index (κ3) is 3.77. The molecule has 1 aliphatic heterocycles. The second-order valence-corrected chi connectivity index (χ2v) is 6.82. The van der Waals surface area contributed by atoms with E-state index in [0.29, 0.717) is 23.6 Å². The summed E-state index contributed by atoms with van der Waals surface area (Å²) in [6.07, 6.45) is 3.06. The number of para-hydroxylation sites is 2. The Bertz CT molecular complexity index is 824. The number of benzene rings is 1. The normalized spacial score (nSPS) is 16.3. The summed E-state index contributed by atoms with van der Waals surface area (Å²) in [5, 5.41) is 9.67. The smallest absolute Gasteiger partial charge is 0.329 e. The number of hydrogen-bond donors (Lipinski definition) is 0. The monoisotopic (exact) mass is 352 g/mol. The van der Waals surface area contributed by atoms with Crippen molar-refractivity contribution in [3.05, 3.63) is 30.0 Å². The van der Waals surface area contributed by atoms with Crippen LogP contribution in [0.1, 0.15) is 44.7 Å². The summed E-state index contributed by atoms with van der Waals surface area (Å²) < 4.78 is 5.38. The SMILES string of the molecule is CC[C@@H](C)COC(=O)[C@H](C#N)c1nc2ccccc2nc1N1CCCC1. The minimum atomic E-state index is -1.06. The lowest BCUT2D eigenvalue weighted by molar-refractivity contribution is -0.145. The fourth-order valence-electron chi connectivity index (χ4n) is 3.01. The first-order chi connectivity index (χ1) is 12.6. The van der Waals surface area contributed by atoms with Crippen molar-refractivity contribution >= 4 is 22.8 Å². The van der Waals surface area contributed by atoms with Crippen LogP contribution in [0.3, 0.4) is 0 Å². The maximum Gasteiger partial charge on any atom is 0.329 e. The van der Waals surface area contributed by atoms with Crippen LogP contribution in [0.4, 0.5) is 5.82 Å². The van der Waals surface area contributed by atoms with Crippen LogP contribution < -0.4 is 4.90 Å². The number of hydrogen-bond acceptors (Lipinski definition) is 6. The molecule has 1 aliphatic rings. The largest absolute Gasteiger partial charge is 0.464 e. The van der Waals surface area contributed by atoms with E-state index >= 15 is 0 Å². The lowest BCUT2D eigenvalue weighted by Gasteiger charge is -2.21. The molecule has 6 heteroatoms. The van der Waals surface area contributed by atoms with E-state index in [2.05, 4.69) is 16.0 Å². The number of aromatic nitrogens is 2. The molecule has 136 valence electrons. The van der Waals surface area contributed by atoms with Gasteiger partial charge in [-0.1, -0.05) is 32.4 Å². The third-order valence-corrected chi connectivity index (χ3v) is 4.83. The van der Waals surface area contributed by atoms with Gasteiger partial charge in [-0.05, 0) is 30.9 Å². The Hall–Kier alpha value is -2.68. The lowest BCUT2D eigenvalue weighted by atomic mass is 10.1. The molecule has 6 nitrogen and oxygen atoms in total. The Balaban J connectivity index is 1.98. The van der Waals surface area contributed by atoms with E-state index in [1.165, 1.54) is 0 Å². The van der Waals surface area contributed by atoms with Crippen LogP contribution in [0.15, 0.2) is 24.3 Å². The van der Waals surface area contributed by atoms with E-state index < -0.39 is 11.9 Å². The molecular weight excluding hydrogens is 328 g/mol. The minimum absolute atomic E-state index is 0.263. The molecule has 0 saturated carbocycles. The fourth-order valence-corrected chi connectivity index (χ4v) is 3.01. The van der Waals surface area contributed by atoms with Crippen molar-refractivity contribution in [1.82, 2.24) is 9.97 Å². The minimum Gasteiger partial charge on any atom is -0.464 e. The maximum atomic E-state index is 12.6. The molecule has 1 saturated heterocycles. The number of fused-ring (bicyclic) bond motifs is 1. The van der Waals surface area contributed by atoms with Gasteiger partial charge in [0, 0.05) is 13.1 Å². The summed E-state index contributed by atoms with van der Waals surface area (Å²) in [7, 11) is 0. The van der Waals surface area contributed by atoms with Gasteiger partial charge in [-0.25, -0.2) is 9.97 Å². The molecule has 3 rings (SSSR count). The molecule has 0 spiro atoms. The van der Waals surface area contributed by atoms with Gasteiger partial charge in [0.2, 0.25) is 0 Å². The van der Waals surface area contributed by atoms with E-state index in [0.717, 1.165) is 37.9 Å². The molecule has 2 aromatic rings. The summed E-state index contributed by atoms with van der Waals surface area (Å²) in [5.74, 6) is -0.711. The molecule has 0 amide bonds. The molecular formula is C20H24N4O2. The van der Waals surface area contributed by atoms with Crippen LogP contribution in [0.25, 0.3) is 11.0 Å². The molecule has 0 aliphatic carbocycles. The van der Waals surface area contributed by atoms with E-state index in [-0.39, 0.29) is 5.92 Å². The quantitative estimate of drug-likeness (QED) is 0.741. The van der Waals surface area contributed by atoms with Gasteiger partial charge in [-0.3, -0.25) is 4.79 Å². The van der Waals surface area contributed by atoms with Crippen LogP contribution in [0.5, 0.6) is 0 Å². The van der Waals surface area contributed by atoms with E-state index in [1.807, 2.05) is 38.1 Å². The highest BCUT2D eigenvalue weighted by molar-refractivity contribution is 5.85. The first-order valence-corrected chi connectivity index (χ1v) is 9.22. The summed E-state index contributed by atoms with van der Waals surface area (Å²) >= 11 is 0. The predicted octanol–water partition coefficient (Wildman–Crippen LogP) is 3.43. The molecule has 0 N–H and O–H groups in total. The number of nitrogens with zero attached hydrogens (tertiary/aromatic N) is 4. The van der Waals surface area contributed by atoms with Crippen LogP contribution >= 0.6 is 0 Å². The number of carbonyl (C=O) groups is 1. The first-order valence-electron chi connectivity index (χ1n) is 9.22. The molecule has 0 bridgehead atoms. The van der Waals surface area contributed by atoms with Gasteiger partial charge in [-0.15, -0.1) is 0 Å². The Morgan fingerprint density at radius 3 is 2.54 bits per heavy atom. The standard InChI is InChI=1S/C20H24N4O2/c1-3-14(2)13-26-20(25)15(12-21)18-19(24-10-6-7-11-24)23-17-9-5-4-8-16(17)22-18/h4-5,8-9,14-15H,3,6-7,10-11,13H2,1-2H3/t14-,15-/m1/s1. The van der Waals surface area contributed by atoms with Crippen LogP contribution in [-0.2, 0) is 9.53 Å². The second kappa shape index (κ2) is 8.13. The van der Waals surface area contributed by atoms with Crippen LogP contribution in [0.2, 0.25) is 0 Å². The zero-order valence-corrected chi connectivity index (χ0v) is 15.3. The van der Waals surface area contributed by atoms with Gasteiger partial charge in [0.1, 0.15) is 5.69 Å². The summed E-state index contributed by atoms with van der Waals surface area (Å²) in [5.41, 5.74) is 1.85. The predicted molar refractivity (Wildman–Crippen MR) is 99.8 cm³/mol. The molecule has 0 unspecified atom stereocenters. The van der Waals surface area contributed by atoms with Crippen molar-refractivity contribution in [1.29, 1.82) is 5.26 Å². The van der Waals surface area contributed by atoms with Crippen molar-refractivity contribution in [2.24, 2.45) is 5.92 Å². The van der Waals surface area contributed by atoms with Gasteiger partial charge in [-0.2, -0.15) is 5.26 Å². The number of anilines is 1. The highest BCUT2D eigenvalue weighted by Crippen LogP contribution is 2.30. The molecule has 2 heterocycles. The van der Waals surface area contributed by atoms with Crippen LogP contribution in [0, 0.1) is 17.2 Å². The maximum absolute atomic E-state index is 12.6. The van der Waals surface area contributed by atoms with Crippen molar-refractivity contribution in [2.45, 2.75) is 39.0 Å². The van der Waals surface area contributed by atoms with Crippen molar-refractivity contribution in [3.63, 3.8) is 0 Å². The number of nitriles is 1. The average molecular weight is 352 g/mol. The Morgan fingerprint density at radius 1 is 1.27 bits per heavy atom. The van der Waals surface area contributed by atoms with Crippen molar-refractivity contribution in [2.75, 3.05) is 24.6 Å². The average Bonchev–Trinajstić information content (AvgIpc) is 3.20. The zero-order chi connectivity index (χ0) is 18.5. The van der Waals surface area contributed by atoms with Crippen molar-refractivity contribution in [3.8, 4) is 6.07 Å². The van der Waals surface area contributed by atoms with Gasteiger partial charge >= 0.3 is 5.97 Å². The van der Waals surface area contributed by atoms with E-state index in [1.54, 1.807) is 0 Å². The number of esters is 1. The highest BCUT2D eigenvalue weighted by atomic mass is 16.5. The molecule has 2 atom stereocenters. The van der Waals surface area contributed by atoms with Gasteiger partial charge in [0.15, 0.2) is 11.7 Å². The van der Waals surface area contributed by atoms with Gasteiger partial charge in [0.05, 0.1) is 23.7 Å². The Kier molecular flexibility index (Phi) is 5.67. The first kappa shape index (κ1) is 18.1. The number of ether oxygens (including phenoxy) is 1. The topological polar surface area (TPSA) is 79.1 Å².